The molecule has 3 rings (SSSR count). The number of hydrogen-bond donors (Lipinski definition) is 11. The first kappa shape index (κ1) is 46.5. The molecular formula is C40H53N11O8. The second-order valence-electron chi connectivity index (χ2n) is 13.3. The molecule has 7 amide bonds. The summed E-state index contributed by atoms with van der Waals surface area (Å²) >= 11 is 0. The van der Waals surface area contributed by atoms with Crippen molar-refractivity contribution in [2.24, 2.45) is 22.2 Å². The summed E-state index contributed by atoms with van der Waals surface area (Å²) in [6, 6.07) is 19.6. The second kappa shape index (κ2) is 24.7. The Hall–Kier alpha value is -6.86. The van der Waals surface area contributed by atoms with Gasteiger partial charge in [-0.25, -0.2) is 0 Å². The van der Waals surface area contributed by atoms with E-state index >= 15 is 0 Å². The van der Waals surface area contributed by atoms with Crippen LogP contribution in [0.15, 0.2) is 96.0 Å². The van der Waals surface area contributed by atoms with E-state index in [1.54, 1.807) is 91.0 Å². The van der Waals surface area contributed by atoms with Gasteiger partial charge < -0.3 is 59.5 Å². The molecule has 3 aromatic carbocycles. The highest BCUT2D eigenvalue weighted by molar-refractivity contribution is 5.97. The van der Waals surface area contributed by atoms with Crippen LogP contribution in [-0.2, 0) is 52.8 Å². The molecule has 0 bridgehead atoms. The fourth-order valence-corrected chi connectivity index (χ4v) is 5.66. The van der Waals surface area contributed by atoms with Crippen LogP contribution in [0.1, 0.15) is 23.1 Å². The Morgan fingerprint density at radius 3 is 1.42 bits per heavy atom. The molecule has 316 valence electrons. The molecule has 0 spiro atoms. The van der Waals surface area contributed by atoms with Crippen LogP contribution in [-0.4, -0.2) is 116 Å². The Balaban J connectivity index is 1.84. The first-order chi connectivity index (χ1) is 28.3. The normalized spacial score (nSPS) is 13.6. The van der Waals surface area contributed by atoms with Crippen molar-refractivity contribution >= 4 is 47.3 Å². The summed E-state index contributed by atoms with van der Waals surface area (Å²) in [4.78, 5) is 95.6. The molecule has 0 saturated heterocycles. The number of nitrogens with two attached hydrogens (primary N) is 3. The van der Waals surface area contributed by atoms with Crippen molar-refractivity contribution in [2.75, 3.05) is 33.3 Å². The Bertz CT molecular complexity index is 1880. The monoisotopic (exact) mass is 815 g/mol. The first-order valence-electron chi connectivity index (χ1n) is 18.8. The Labute approximate surface area is 341 Å². The van der Waals surface area contributed by atoms with E-state index in [1.165, 1.54) is 7.05 Å². The predicted octanol–water partition coefficient (Wildman–Crippen LogP) is -3.38. The number of rotatable bonds is 23. The van der Waals surface area contributed by atoms with Crippen molar-refractivity contribution in [3.05, 3.63) is 108 Å². The number of nitrogens with one attached hydrogen (secondary N) is 7. The number of benzene rings is 3. The third kappa shape index (κ3) is 16.6. The number of aliphatic hydroxyl groups is 1. The number of guanidine groups is 1. The van der Waals surface area contributed by atoms with Gasteiger partial charge in [-0.3, -0.25) is 38.6 Å². The van der Waals surface area contributed by atoms with Gasteiger partial charge >= 0.3 is 0 Å². The van der Waals surface area contributed by atoms with Gasteiger partial charge in [-0.05, 0) is 23.1 Å². The lowest BCUT2D eigenvalue weighted by molar-refractivity contribution is -0.135. The molecule has 0 aliphatic rings. The topological polar surface area (TPSA) is 314 Å². The maximum Gasteiger partial charge on any atom is 0.245 e. The maximum atomic E-state index is 14.1. The standard InChI is InChI=1S/C40H53N11O8/c1-44-40(43)45-18-17-28(36(56)49-29(35(42)55)19-25-11-5-2-6-12-25)48-38(58)31(21-27-15-9-4-10-16-27)50-39(59)32(24-52)51-37(57)30(20-26-13-7-3-8-14-26)47-34(54)23-46-33(53)22-41/h2-16,28-32,52H,17-24,41H2,1H3,(H2,42,55)(H,46,53)(H,47,54)(H,48,58)(H,49,56)(H,50,59)(H,51,57)(H3,43,44,45)/t28-,29-,30-,31-,32-/m0/s1. The van der Waals surface area contributed by atoms with Crippen LogP contribution in [0.5, 0.6) is 0 Å². The Kier molecular flexibility index (Phi) is 19.5. The number of carbonyl (C=O) groups is 7. The van der Waals surface area contributed by atoms with E-state index in [0.717, 1.165) is 5.56 Å². The van der Waals surface area contributed by atoms with E-state index < -0.39 is 84.7 Å². The SMILES string of the molecule is CN=C(N)NCC[C@H](NC(=O)[C@H](Cc1ccccc1)NC(=O)[C@H](CO)NC(=O)[C@H](Cc1ccccc1)NC(=O)CNC(=O)CN)C(=O)N[C@@H](Cc1ccccc1)C(N)=O. The summed E-state index contributed by atoms with van der Waals surface area (Å²) in [5.74, 6) is -5.39. The minimum Gasteiger partial charge on any atom is -0.394 e. The third-order valence-corrected chi connectivity index (χ3v) is 8.85. The second-order valence-corrected chi connectivity index (χ2v) is 13.3. The van der Waals surface area contributed by atoms with Crippen LogP contribution >= 0.6 is 0 Å². The lowest BCUT2D eigenvalue weighted by Crippen LogP contribution is -2.60. The van der Waals surface area contributed by atoms with Gasteiger partial charge in [-0.2, -0.15) is 0 Å². The van der Waals surface area contributed by atoms with Crippen molar-refractivity contribution < 1.29 is 38.7 Å². The molecule has 19 heteroatoms. The number of carbonyl (C=O) groups excluding carboxylic acids is 7. The molecular weight excluding hydrogens is 763 g/mol. The molecule has 0 aromatic heterocycles. The molecule has 5 atom stereocenters. The molecule has 0 aliphatic heterocycles. The number of nitrogens with zero attached hydrogens (tertiary/aromatic N) is 1. The average molecular weight is 816 g/mol. The molecule has 0 heterocycles. The molecule has 0 saturated carbocycles. The Morgan fingerprint density at radius 2 is 0.966 bits per heavy atom. The predicted molar refractivity (Wildman–Crippen MR) is 219 cm³/mol. The van der Waals surface area contributed by atoms with Crippen molar-refractivity contribution in [3.8, 4) is 0 Å². The van der Waals surface area contributed by atoms with Crippen LogP contribution in [0, 0.1) is 0 Å². The quantitative estimate of drug-likeness (QED) is 0.0331. The summed E-state index contributed by atoms with van der Waals surface area (Å²) in [5.41, 5.74) is 18.7. The number of aliphatic hydroxyl groups excluding tert-OH is 1. The number of hydrogen-bond acceptors (Lipinski definition) is 10. The fourth-order valence-electron chi connectivity index (χ4n) is 5.66. The van der Waals surface area contributed by atoms with Crippen LogP contribution in [0.3, 0.4) is 0 Å². The van der Waals surface area contributed by atoms with E-state index in [9.17, 15) is 38.7 Å². The fraction of sp³-hybridized carbons (Fsp3) is 0.350. The van der Waals surface area contributed by atoms with Gasteiger partial charge in [0.15, 0.2) is 5.96 Å². The average Bonchev–Trinajstić information content (AvgIpc) is 3.24. The van der Waals surface area contributed by atoms with Gasteiger partial charge in [0.2, 0.25) is 41.4 Å². The lowest BCUT2D eigenvalue weighted by Gasteiger charge is -2.27. The maximum absolute atomic E-state index is 14.1. The smallest absolute Gasteiger partial charge is 0.245 e. The summed E-state index contributed by atoms with van der Waals surface area (Å²) in [6.45, 7) is -1.66. The van der Waals surface area contributed by atoms with Crippen LogP contribution in [0.4, 0.5) is 0 Å². The van der Waals surface area contributed by atoms with E-state index in [-0.39, 0.29) is 44.7 Å². The van der Waals surface area contributed by atoms with Crippen molar-refractivity contribution in [2.45, 2.75) is 55.9 Å². The minimum absolute atomic E-state index is 0.0158. The molecule has 3 aromatic rings. The molecule has 0 aliphatic carbocycles. The van der Waals surface area contributed by atoms with Crippen LogP contribution in [0.2, 0.25) is 0 Å². The van der Waals surface area contributed by atoms with Crippen LogP contribution in [0.25, 0.3) is 0 Å². The van der Waals surface area contributed by atoms with E-state index in [0.29, 0.717) is 11.1 Å². The van der Waals surface area contributed by atoms with Gasteiger partial charge in [0.05, 0.1) is 19.7 Å². The zero-order valence-corrected chi connectivity index (χ0v) is 32.7. The van der Waals surface area contributed by atoms with E-state index in [4.69, 9.17) is 17.2 Å². The first-order valence-corrected chi connectivity index (χ1v) is 18.8. The lowest BCUT2D eigenvalue weighted by atomic mass is 10.0. The highest BCUT2D eigenvalue weighted by Crippen LogP contribution is 2.08. The largest absolute Gasteiger partial charge is 0.394 e. The third-order valence-electron chi connectivity index (χ3n) is 8.85. The van der Waals surface area contributed by atoms with Gasteiger partial charge in [0.25, 0.3) is 0 Å². The zero-order valence-electron chi connectivity index (χ0n) is 32.7. The van der Waals surface area contributed by atoms with Crippen LogP contribution < -0.4 is 54.4 Å². The van der Waals surface area contributed by atoms with Gasteiger partial charge in [-0.1, -0.05) is 91.0 Å². The highest BCUT2D eigenvalue weighted by atomic mass is 16.3. The Morgan fingerprint density at radius 1 is 0.559 bits per heavy atom. The summed E-state index contributed by atoms with van der Waals surface area (Å²) < 4.78 is 0. The molecule has 19 nitrogen and oxygen atoms in total. The zero-order chi connectivity index (χ0) is 43.2. The summed E-state index contributed by atoms with van der Waals surface area (Å²) in [5, 5.41) is 28.2. The molecule has 0 radical (unpaired) electrons. The molecule has 14 N–H and O–H groups in total. The van der Waals surface area contributed by atoms with Gasteiger partial charge in [-0.15, -0.1) is 0 Å². The van der Waals surface area contributed by atoms with Crippen molar-refractivity contribution in [1.82, 2.24) is 37.2 Å². The number of primary amides is 1. The molecule has 0 fully saturated rings. The van der Waals surface area contributed by atoms with E-state index in [1.807, 2.05) is 0 Å². The molecule has 0 unspecified atom stereocenters. The molecule has 59 heavy (non-hydrogen) atoms. The van der Waals surface area contributed by atoms with E-state index in [2.05, 4.69) is 42.2 Å². The highest BCUT2D eigenvalue weighted by Gasteiger charge is 2.32. The van der Waals surface area contributed by atoms with Gasteiger partial charge in [0, 0.05) is 32.9 Å². The summed E-state index contributed by atoms with van der Waals surface area (Å²) in [6.07, 6.45) is -0.0575. The summed E-state index contributed by atoms with van der Waals surface area (Å²) in [7, 11) is 1.46. The number of amides is 7. The minimum atomic E-state index is -1.60. The van der Waals surface area contributed by atoms with Crippen molar-refractivity contribution in [3.63, 3.8) is 0 Å². The number of aliphatic imine (C=N–C) groups is 1. The van der Waals surface area contributed by atoms with Gasteiger partial charge in [0.1, 0.15) is 30.2 Å². The van der Waals surface area contributed by atoms with Crippen molar-refractivity contribution in [1.29, 1.82) is 0 Å².